The minimum Gasteiger partial charge on any atom is -0.269 e. The summed E-state index contributed by atoms with van der Waals surface area (Å²) in [6.07, 6.45) is 1.26. The van der Waals surface area contributed by atoms with Crippen molar-refractivity contribution in [3.8, 4) is 0 Å². The molecule has 74 valence electrons. The van der Waals surface area contributed by atoms with Crippen LogP contribution in [0.15, 0.2) is 0 Å². The van der Waals surface area contributed by atoms with Crippen LogP contribution in [0.25, 0.3) is 0 Å². The molecular weight excluding hydrogens is 148 g/mol. The van der Waals surface area contributed by atoms with Crippen LogP contribution in [0.5, 0.6) is 0 Å². The number of nitrogens with two attached hydrogens (primary N) is 1. The second kappa shape index (κ2) is 5.55. The van der Waals surface area contributed by atoms with E-state index >= 15 is 0 Å². The van der Waals surface area contributed by atoms with Crippen molar-refractivity contribution in [3.63, 3.8) is 0 Å². The molecule has 0 aliphatic heterocycles. The molecule has 0 aliphatic carbocycles. The van der Waals surface area contributed by atoms with E-state index in [-0.39, 0.29) is 0 Å². The normalized spacial score (nSPS) is 19.2. The molecular formula is C10H24N2. The summed E-state index contributed by atoms with van der Waals surface area (Å²) in [6, 6.07) is 0. The monoisotopic (exact) mass is 172 g/mol. The standard InChI is InChI=1S/C10H24N2/c1-6-8(2)10(4)9(3)7-12(5)11/h8-10H,6-7,11H2,1-5H3. The highest BCUT2D eigenvalue weighted by Gasteiger charge is 2.17. The van der Waals surface area contributed by atoms with Gasteiger partial charge in [-0.1, -0.05) is 34.1 Å². The van der Waals surface area contributed by atoms with Crippen molar-refractivity contribution in [3.05, 3.63) is 0 Å². The molecule has 0 radical (unpaired) electrons. The highest BCUT2D eigenvalue weighted by atomic mass is 15.4. The lowest BCUT2D eigenvalue weighted by molar-refractivity contribution is 0.201. The molecule has 3 unspecified atom stereocenters. The molecule has 2 heteroatoms. The van der Waals surface area contributed by atoms with Crippen molar-refractivity contribution < 1.29 is 0 Å². The Labute approximate surface area is 77.1 Å². The van der Waals surface area contributed by atoms with Crippen LogP contribution in [0, 0.1) is 17.8 Å². The van der Waals surface area contributed by atoms with Gasteiger partial charge in [-0.3, -0.25) is 5.84 Å². The van der Waals surface area contributed by atoms with E-state index in [2.05, 4.69) is 27.7 Å². The fourth-order valence-corrected chi connectivity index (χ4v) is 1.55. The Kier molecular flexibility index (Phi) is 5.51. The van der Waals surface area contributed by atoms with Gasteiger partial charge in [-0.15, -0.1) is 0 Å². The average Bonchev–Trinajstić information content (AvgIpc) is 2.00. The Hall–Kier alpha value is -0.0800. The Balaban J connectivity index is 3.83. The molecule has 0 saturated heterocycles. The summed E-state index contributed by atoms with van der Waals surface area (Å²) in [6.45, 7) is 10.2. The van der Waals surface area contributed by atoms with Gasteiger partial charge >= 0.3 is 0 Å². The summed E-state index contributed by atoms with van der Waals surface area (Å²) in [4.78, 5) is 0. The summed E-state index contributed by atoms with van der Waals surface area (Å²) < 4.78 is 0. The van der Waals surface area contributed by atoms with Crippen LogP contribution in [0.2, 0.25) is 0 Å². The third-order valence-corrected chi connectivity index (χ3v) is 3.02. The minimum atomic E-state index is 0.690. The summed E-state index contributed by atoms with van der Waals surface area (Å²) in [5.74, 6) is 7.87. The molecule has 0 bridgehead atoms. The summed E-state index contributed by atoms with van der Waals surface area (Å²) >= 11 is 0. The molecule has 0 heterocycles. The number of rotatable bonds is 5. The molecule has 0 rings (SSSR count). The van der Waals surface area contributed by atoms with E-state index < -0.39 is 0 Å². The maximum atomic E-state index is 5.61. The lowest BCUT2D eigenvalue weighted by Gasteiger charge is -2.27. The quantitative estimate of drug-likeness (QED) is 0.508. The minimum absolute atomic E-state index is 0.690. The second-order valence-electron chi connectivity index (χ2n) is 4.16. The van der Waals surface area contributed by atoms with Gasteiger partial charge in [0.2, 0.25) is 0 Å². The maximum absolute atomic E-state index is 5.61. The van der Waals surface area contributed by atoms with Crippen molar-refractivity contribution in [1.82, 2.24) is 5.01 Å². The zero-order valence-corrected chi connectivity index (χ0v) is 9.17. The summed E-state index contributed by atoms with van der Waals surface area (Å²) in [7, 11) is 1.93. The van der Waals surface area contributed by atoms with Crippen LogP contribution in [-0.2, 0) is 0 Å². The highest BCUT2D eigenvalue weighted by Crippen LogP contribution is 2.22. The molecule has 0 amide bonds. The lowest BCUT2D eigenvalue weighted by atomic mass is 9.83. The number of nitrogens with zero attached hydrogens (tertiary/aromatic N) is 1. The van der Waals surface area contributed by atoms with Crippen molar-refractivity contribution in [2.75, 3.05) is 13.6 Å². The van der Waals surface area contributed by atoms with Crippen LogP contribution in [0.3, 0.4) is 0 Å². The van der Waals surface area contributed by atoms with Gasteiger partial charge < -0.3 is 0 Å². The molecule has 3 atom stereocenters. The fourth-order valence-electron chi connectivity index (χ4n) is 1.55. The molecule has 2 nitrogen and oxygen atoms in total. The predicted octanol–water partition coefficient (Wildman–Crippen LogP) is 2.11. The highest BCUT2D eigenvalue weighted by molar-refractivity contribution is 4.68. The van der Waals surface area contributed by atoms with E-state index in [1.807, 2.05) is 7.05 Å². The van der Waals surface area contributed by atoms with Gasteiger partial charge in [-0.05, 0) is 17.8 Å². The van der Waals surface area contributed by atoms with Crippen LogP contribution in [0.1, 0.15) is 34.1 Å². The zero-order chi connectivity index (χ0) is 9.72. The Bertz CT molecular complexity index is 112. The Morgan fingerprint density at radius 3 is 2.00 bits per heavy atom. The molecule has 0 aliphatic rings. The number of hydrogen-bond acceptors (Lipinski definition) is 2. The van der Waals surface area contributed by atoms with Crippen molar-refractivity contribution in [1.29, 1.82) is 0 Å². The number of hydrazine groups is 1. The molecule has 0 aromatic heterocycles. The van der Waals surface area contributed by atoms with Crippen LogP contribution < -0.4 is 5.84 Å². The van der Waals surface area contributed by atoms with E-state index in [4.69, 9.17) is 5.84 Å². The smallest absolute Gasteiger partial charge is 0.0153 e. The van der Waals surface area contributed by atoms with Gasteiger partial charge in [0, 0.05) is 13.6 Å². The Morgan fingerprint density at radius 2 is 1.67 bits per heavy atom. The van der Waals surface area contributed by atoms with E-state index in [0.717, 1.165) is 18.4 Å². The SMILES string of the molecule is CCC(C)C(C)C(C)CN(C)N. The first-order valence-electron chi connectivity index (χ1n) is 4.94. The first kappa shape index (κ1) is 11.9. The van der Waals surface area contributed by atoms with Gasteiger partial charge in [-0.2, -0.15) is 0 Å². The molecule has 2 N–H and O–H groups in total. The lowest BCUT2D eigenvalue weighted by Crippen LogP contribution is -2.34. The molecule has 0 aromatic carbocycles. The van der Waals surface area contributed by atoms with E-state index in [1.54, 1.807) is 5.01 Å². The summed E-state index contributed by atoms with van der Waals surface area (Å²) in [5.41, 5.74) is 0. The Morgan fingerprint density at radius 1 is 1.17 bits per heavy atom. The van der Waals surface area contributed by atoms with E-state index in [9.17, 15) is 0 Å². The van der Waals surface area contributed by atoms with Crippen LogP contribution in [-0.4, -0.2) is 18.6 Å². The van der Waals surface area contributed by atoms with E-state index in [0.29, 0.717) is 5.92 Å². The third-order valence-electron chi connectivity index (χ3n) is 3.02. The molecule has 0 saturated carbocycles. The average molecular weight is 172 g/mol. The van der Waals surface area contributed by atoms with Gasteiger partial charge in [0.25, 0.3) is 0 Å². The largest absolute Gasteiger partial charge is 0.269 e. The van der Waals surface area contributed by atoms with Crippen molar-refractivity contribution in [2.24, 2.45) is 23.6 Å². The fraction of sp³-hybridized carbons (Fsp3) is 1.00. The van der Waals surface area contributed by atoms with Crippen LogP contribution in [0.4, 0.5) is 0 Å². The molecule has 12 heavy (non-hydrogen) atoms. The van der Waals surface area contributed by atoms with Gasteiger partial charge in [-0.25, -0.2) is 5.01 Å². The van der Waals surface area contributed by atoms with Crippen molar-refractivity contribution >= 4 is 0 Å². The first-order valence-corrected chi connectivity index (χ1v) is 4.94. The predicted molar refractivity (Wildman–Crippen MR) is 54.6 cm³/mol. The first-order chi connectivity index (χ1) is 5.49. The zero-order valence-electron chi connectivity index (χ0n) is 9.17. The topological polar surface area (TPSA) is 29.3 Å². The summed E-state index contributed by atoms with van der Waals surface area (Å²) in [5, 5.41) is 1.78. The second-order valence-corrected chi connectivity index (χ2v) is 4.16. The third kappa shape index (κ3) is 4.07. The van der Waals surface area contributed by atoms with E-state index in [1.165, 1.54) is 6.42 Å². The van der Waals surface area contributed by atoms with Crippen molar-refractivity contribution in [2.45, 2.75) is 34.1 Å². The maximum Gasteiger partial charge on any atom is 0.0153 e. The number of hydrogen-bond donors (Lipinski definition) is 1. The molecule has 0 spiro atoms. The molecule has 0 fully saturated rings. The van der Waals surface area contributed by atoms with Gasteiger partial charge in [0.15, 0.2) is 0 Å². The van der Waals surface area contributed by atoms with Gasteiger partial charge in [0.1, 0.15) is 0 Å². The van der Waals surface area contributed by atoms with Gasteiger partial charge in [0.05, 0.1) is 0 Å². The van der Waals surface area contributed by atoms with Crippen LogP contribution >= 0.6 is 0 Å². The molecule has 0 aromatic rings.